The van der Waals surface area contributed by atoms with E-state index in [9.17, 15) is 9.59 Å². The number of carboxylic acids is 1. The normalized spacial score (nSPS) is 25.9. The van der Waals surface area contributed by atoms with Crippen LogP contribution in [0.4, 0.5) is 4.79 Å². The van der Waals surface area contributed by atoms with Crippen LogP contribution in [0, 0.1) is 5.92 Å². The summed E-state index contributed by atoms with van der Waals surface area (Å²) in [7, 11) is 0. The molecule has 1 unspecified atom stereocenters. The molecule has 6 nitrogen and oxygen atoms in total. The number of rotatable bonds is 2. The first-order chi connectivity index (χ1) is 8.11. The number of nitrogens with two attached hydrogens (primary N) is 1. The number of hydrogen-bond acceptors (Lipinski definition) is 4. The molecule has 1 aliphatic heterocycles. The summed E-state index contributed by atoms with van der Waals surface area (Å²) in [6.07, 6.45) is -0.204. The second kappa shape index (κ2) is 5.14. The third-order valence-electron chi connectivity index (χ3n) is 2.99. The van der Waals surface area contributed by atoms with E-state index < -0.39 is 23.7 Å². The number of carboxylic acid groups (broad SMARTS) is 1. The van der Waals surface area contributed by atoms with Crippen LogP contribution in [0.25, 0.3) is 0 Å². The van der Waals surface area contributed by atoms with Crippen molar-refractivity contribution in [2.24, 2.45) is 11.7 Å². The molecule has 0 aliphatic carbocycles. The number of carbonyl (C=O) groups is 2. The monoisotopic (exact) mass is 258 g/mol. The van der Waals surface area contributed by atoms with Crippen molar-refractivity contribution >= 4 is 12.1 Å². The Balaban J connectivity index is 2.78. The molecule has 1 saturated heterocycles. The highest BCUT2D eigenvalue weighted by Crippen LogP contribution is 2.27. The molecule has 1 heterocycles. The maximum Gasteiger partial charge on any atom is 0.411 e. The Morgan fingerprint density at radius 2 is 2.00 bits per heavy atom. The minimum atomic E-state index is -1.01. The molecular weight excluding hydrogens is 236 g/mol. The predicted molar refractivity (Wildman–Crippen MR) is 66.1 cm³/mol. The van der Waals surface area contributed by atoms with Crippen LogP contribution in [0.15, 0.2) is 0 Å². The number of carbonyl (C=O) groups excluding carboxylic acids is 1. The van der Waals surface area contributed by atoms with Crippen molar-refractivity contribution in [2.45, 2.75) is 51.8 Å². The fraction of sp³-hybridized carbons (Fsp3) is 0.833. The Morgan fingerprint density at radius 3 is 2.39 bits per heavy atom. The van der Waals surface area contributed by atoms with Crippen LogP contribution in [-0.4, -0.2) is 46.3 Å². The second-order valence-corrected chi connectivity index (χ2v) is 5.84. The lowest BCUT2D eigenvalue weighted by Crippen LogP contribution is -2.43. The Labute approximate surface area is 107 Å². The number of amides is 1. The van der Waals surface area contributed by atoms with Gasteiger partial charge in [-0.3, -0.25) is 4.90 Å². The quantitative estimate of drug-likeness (QED) is 0.772. The van der Waals surface area contributed by atoms with Gasteiger partial charge in [-0.15, -0.1) is 0 Å². The van der Waals surface area contributed by atoms with Crippen molar-refractivity contribution in [3.8, 4) is 0 Å². The van der Waals surface area contributed by atoms with Gasteiger partial charge in [-0.25, -0.2) is 9.59 Å². The molecule has 1 rings (SSSR count). The van der Waals surface area contributed by atoms with Crippen molar-refractivity contribution < 1.29 is 19.4 Å². The molecular formula is C12H22N2O4. The van der Waals surface area contributed by atoms with Gasteiger partial charge in [0.25, 0.3) is 0 Å². The maximum absolute atomic E-state index is 11.9. The summed E-state index contributed by atoms with van der Waals surface area (Å²) in [5, 5.41) is 9.14. The molecule has 3 N–H and O–H groups in total. The average Bonchev–Trinajstić information content (AvgIpc) is 2.58. The molecule has 0 radical (unpaired) electrons. The first kappa shape index (κ1) is 14.8. The first-order valence-electron chi connectivity index (χ1n) is 6.10. The molecule has 6 heteroatoms. The van der Waals surface area contributed by atoms with Crippen molar-refractivity contribution in [2.75, 3.05) is 6.54 Å². The average molecular weight is 258 g/mol. The van der Waals surface area contributed by atoms with Gasteiger partial charge in [0.1, 0.15) is 11.6 Å². The molecule has 3 atom stereocenters. The van der Waals surface area contributed by atoms with Crippen LogP contribution in [0.5, 0.6) is 0 Å². The first-order valence-corrected chi connectivity index (χ1v) is 6.10. The number of nitrogens with zero attached hydrogens (tertiary/aromatic N) is 1. The summed E-state index contributed by atoms with van der Waals surface area (Å²) in [5.41, 5.74) is 5.15. The van der Waals surface area contributed by atoms with Gasteiger partial charge in [-0.1, -0.05) is 0 Å². The second-order valence-electron chi connectivity index (χ2n) is 5.84. The van der Waals surface area contributed by atoms with Gasteiger partial charge < -0.3 is 15.6 Å². The van der Waals surface area contributed by atoms with E-state index in [-0.39, 0.29) is 12.0 Å². The molecule has 0 saturated carbocycles. The SMILES string of the molecule is C[C@@H](N)C1C[C@H](C(=O)O)N(C(=O)OC(C)(C)C)C1. The molecule has 1 amide bonds. The predicted octanol–water partition coefficient (Wildman–Crippen LogP) is 1.04. The van der Waals surface area contributed by atoms with Crippen LogP contribution < -0.4 is 5.73 Å². The molecule has 18 heavy (non-hydrogen) atoms. The zero-order valence-corrected chi connectivity index (χ0v) is 11.3. The fourth-order valence-corrected chi connectivity index (χ4v) is 2.01. The van der Waals surface area contributed by atoms with E-state index >= 15 is 0 Å². The molecule has 0 aromatic heterocycles. The van der Waals surface area contributed by atoms with Crippen LogP contribution in [-0.2, 0) is 9.53 Å². The summed E-state index contributed by atoms with van der Waals surface area (Å²) in [4.78, 5) is 24.4. The Bertz CT molecular complexity index is 335. The van der Waals surface area contributed by atoms with Crippen LogP contribution >= 0.6 is 0 Å². The Hall–Kier alpha value is -1.30. The van der Waals surface area contributed by atoms with Crippen LogP contribution in [0.3, 0.4) is 0 Å². The van der Waals surface area contributed by atoms with Crippen molar-refractivity contribution in [1.82, 2.24) is 4.90 Å². The minimum Gasteiger partial charge on any atom is -0.480 e. The summed E-state index contributed by atoms with van der Waals surface area (Å²) in [5.74, 6) is -1.01. The summed E-state index contributed by atoms with van der Waals surface area (Å²) in [6.45, 7) is 7.41. The Kier molecular flexibility index (Phi) is 4.21. The van der Waals surface area contributed by atoms with E-state index in [0.717, 1.165) is 0 Å². The summed E-state index contributed by atoms with van der Waals surface area (Å²) >= 11 is 0. The largest absolute Gasteiger partial charge is 0.480 e. The highest BCUT2D eigenvalue weighted by Gasteiger charge is 2.42. The van der Waals surface area contributed by atoms with E-state index in [1.165, 1.54) is 4.90 Å². The maximum atomic E-state index is 11.9. The number of ether oxygens (including phenoxy) is 1. The lowest BCUT2D eigenvalue weighted by Gasteiger charge is -2.27. The minimum absolute atomic E-state index is 0.00128. The van der Waals surface area contributed by atoms with Gasteiger partial charge in [0.2, 0.25) is 0 Å². The molecule has 0 spiro atoms. The molecule has 0 aromatic carbocycles. The smallest absolute Gasteiger partial charge is 0.411 e. The van der Waals surface area contributed by atoms with Gasteiger partial charge in [-0.2, -0.15) is 0 Å². The summed E-state index contributed by atoms with van der Waals surface area (Å²) < 4.78 is 5.21. The summed E-state index contributed by atoms with van der Waals surface area (Å²) in [6, 6.07) is -0.977. The number of hydrogen-bond donors (Lipinski definition) is 2. The van der Waals surface area contributed by atoms with E-state index in [2.05, 4.69) is 0 Å². The van der Waals surface area contributed by atoms with E-state index in [0.29, 0.717) is 13.0 Å². The van der Waals surface area contributed by atoms with Crippen molar-refractivity contribution in [3.05, 3.63) is 0 Å². The van der Waals surface area contributed by atoms with E-state index in [1.807, 2.05) is 6.92 Å². The lowest BCUT2D eigenvalue weighted by atomic mass is 9.99. The van der Waals surface area contributed by atoms with Gasteiger partial charge in [0, 0.05) is 12.6 Å². The third-order valence-corrected chi connectivity index (χ3v) is 2.99. The van der Waals surface area contributed by atoms with E-state index in [1.54, 1.807) is 20.8 Å². The zero-order valence-electron chi connectivity index (χ0n) is 11.3. The molecule has 0 bridgehead atoms. The molecule has 0 aromatic rings. The number of likely N-dealkylation sites (tertiary alicyclic amines) is 1. The fourth-order valence-electron chi connectivity index (χ4n) is 2.01. The van der Waals surface area contributed by atoms with Gasteiger partial charge in [0.15, 0.2) is 0 Å². The highest BCUT2D eigenvalue weighted by atomic mass is 16.6. The van der Waals surface area contributed by atoms with E-state index in [4.69, 9.17) is 15.6 Å². The van der Waals surface area contributed by atoms with Crippen LogP contribution in [0.1, 0.15) is 34.1 Å². The lowest BCUT2D eigenvalue weighted by molar-refractivity contribution is -0.142. The Morgan fingerprint density at radius 1 is 1.44 bits per heavy atom. The third kappa shape index (κ3) is 3.60. The van der Waals surface area contributed by atoms with Crippen molar-refractivity contribution in [3.63, 3.8) is 0 Å². The van der Waals surface area contributed by atoms with Crippen molar-refractivity contribution in [1.29, 1.82) is 0 Å². The zero-order chi connectivity index (χ0) is 14.1. The standard InChI is InChI=1S/C12H22N2O4/c1-7(13)8-5-9(10(15)16)14(6-8)11(17)18-12(2,3)4/h7-9H,5-6,13H2,1-4H3,(H,15,16)/t7-,8?,9-/m1/s1. The molecule has 1 aliphatic rings. The number of aliphatic carboxylic acids is 1. The highest BCUT2D eigenvalue weighted by molar-refractivity contribution is 5.81. The topological polar surface area (TPSA) is 92.9 Å². The van der Waals surface area contributed by atoms with Gasteiger partial charge in [0.05, 0.1) is 0 Å². The molecule has 104 valence electrons. The van der Waals surface area contributed by atoms with Gasteiger partial charge in [-0.05, 0) is 40.0 Å². The van der Waals surface area contributed by atoms with Crippen LogP contribution in [0.2, 0.25) is 0 Å². The molecule has 1 fully saturated rings. The van der Waals surface area contributed by atoms with Gasteiger partial charge >= 0.3 is 12.1 Å².